The summed E-state index contributed by atoms with van der Waals surface area (Å²) < 4.78 is 5.68. The van der Waals surface area contributed by atoms with E-state index in [1.165, 1.54) is 11.3 Å². The molecule has 2 saturated heterocycles. The van der Waals surface area contributed by atoms with E-state index in [-0.39, 0.29) is 23.3 Å². The highest BCUT2D eigenvalue weighted by atomic mass is 16.5. The van der Waals surface area contributed by atoms with Crippen LogP contribution in [0.4, 0.5) is 11.5 Å². The molecule has 1 aliphatic carbocycles. The van der Waals surface area contributed by atoms with E-state index in [1.54, 1.807) is 6.20 Å². The molecule has 3 aromatic rings. The smallest absolute Gasteiger partial charge is 0.229 e. The fraction of sp³-hybridized carbons (Fsp3) is 0.464. The molecule has 7 heteroatoms. The number of hydrogen-bond donors (Lipinski definition) is 1. The second-order valence-corrected chi connectivity index (χ2v) is 10.5. The number of piperazine rings is 1. The van der Waals surface area contributed by atoms with Gasteiger partial charge in [-0.1, -0.05) is 6.07 Å². The monoisotopic (exact) mass is 471 g/mol. The number of ether oxygens (including phenoxy) is 1. The number of benzene rings is 1. The Bertz CT molecular complexity index is 1230. The first-order chi connectivity index (χ1) is 17.0. The lowest BCUT2D eigenvalue weighted by Crippen LogP contribution is -2.56. The Kier molecular flexibility index (Phi) is 5.69. The van der Waals surface area contributed by atoms with Crippen molar-refractivity contribution in [3.8, 4) is 0 Å². The number of nitrogens with one attached hydrogen (secondary N) is 1. The Morgan fingerprint density at radius 3 is 2.71 bits per heavy atom. The molecule has 0 radical (unpaired) electrons. The van der Waals surface area contributed by atoms with Crippen LogP contribution >= 0.6 is 0 Å². The molecule has 3 atom stereocenters. The van der Waals surface area contributed by atoms with Crippen molar-refractivity contribution in [3.05, 3.63) is 60.0 Å². The zero-order valence-electron chi connectivity index (χ0n) is 20.5. The van der Waals surface area contributed by atoms with Gasteiger partial charge in [0.2, 0.25) is 5.91 Å². The van der Waals surface area contributed by atoms with Gasteiger partial charge >= 0.3 is 0 Å². The minimum Gasteiger partial charge on any atom is -0.379 e. The zero-order chi connectivity index (χ0) is 24.0. The van der Waals surface area contributed by atoms with Crippen LogP contribution in [0.15, 0.2) is 48.8 Å². The number of pyridine rings is 2. The number of carbonyl (C=O) groups is 1. The average Bonchev–Trinajstić information content (AvgIpc) is 3.57. The zero-order valence-corrected chi connectivity index (χ0v) is 20.5. The van der Waals surface area contributed by atoms with Gasteiger partial charge in [0.15, 0.2) is 0 Å². The third-order valence-electron chi connectivity index (χ3n) is 8.06. The number of aromatic nitrogens is 2. The van der Waals surface area contributed by atoms with Gasteiger partial charge in [0.05, 0.1) is 6.61 Å². The summed E-state index contributed by atoms with van der Waals surface area (Å²) in [5, 5.41) is 5.24. The number of fused-ring (bicyclic) bond motifs is 1. The molecule has 6 rings (SSSR count). The summed E-state index contributed by atoms with van der Waals surface area (Å²) in [7, 11) is 0. The highest BCUT2D eigenvalue weighted by molar-refractivity contribution is 5.97. The number of nitrogens with zero attached hydrogens (tertiary/aromatic N) is 4. The molecule has 3 aliphatic rings. The molecule has 0 spiro atoms. The fourth-order valence-corrected chi connectivity index (χ4v) is 5.72. The number of carbonyl (C=O) groups excluding carboxylic acids is 1. The van der Waals surface area contributed by atoms with Crippen LogP contribution in [0.3, 0.4) is 0 Å². The van der Waals surface area contributed by atoms with Crippen LogP contribution in [0.2, 0.25) is 0 Å². The summed E-state index contributed by atoms with van der Waals surface area (Å²) in [4.78, 5) is 26.8. The highest BCUT2D eigenvalue weighted by Gasteiger charge is 2.45. The van der Waals surface area contributed by atoms with Crippen molar-refractivity contribution in [2.45, 2.75) is 38.1 Å². The van der Waals surface area contributed by atoms with Gasteiger partial charge in [-0.3, -0.25) is 14.7 Å². The molecular formula is C28H33N5O2. The average molecular weight is 472 g/mol. The Hall–Kier alpha value is -3.03. The van der Waals surface area contributed by atoms with Gasteiger partial charge in [-0.25, -0.2) is 4.98 Å². The minimum absolute atomic E-state index is 0.0281. The predicted octanol–water partition coefficient (Wildman–Crippen LogP) is 3.98. The topological polar surface area (TPSA) is 70.6 Å². The maximum Gasteiger partial charge on any atom is 0.229 e. The van der Waals surface area contributed by atoms with Crippen LogP contribution < -0.4 is 10.2 Å². The SMILES string of the molecule is Cc1cc2cnc(NC(=O)[C@H]3C[C@@H]3c3ccccn3)cc2cc1N1CCN([C@]2(C)CCOC2)CC1. The first-order valence-corrected chi connectivity index (χ1v) is 12.7. The molecule has 1 saturated carbocycles. The summed E-state index contributed by atoms with van der Waals surface area (Å²) in [6.07, 6.45) is 5.62. The molecule has 35 heavy (non-hydrogen) atoms. The van der Waals surface area contributed by atoms with Gasteiger partial charge in [0.25, 0.3) is 0 Å². The van der Waals surface area contributed by atoms with Crippen LogP contribution in [0, 0.1) is 12.8 Å². The van der Waals surface area contributed by atoms with Crippen molar-refractivity contribution < 1.29 is 9.53 Å². The van der Waals surface area contributed by atoms with E-state index in [1.807, 2.05) is 30.5 Å². The van der Waals surface area contributed by atoms with E-state index < -0.39 is 0 Å². The van der Waals surface area contributed by atoms with Crippen molar-refractivity contribution in [3.63, 3.8) is 0 Å². The first-order valence-electron chi connectivity index (χ1n) is 12.7. The molecule has 2 aliphatic heterocycles. The maximum absolute atomic E-state index is 12.8. The summed E-state index contributed by atoms with van der Waals surface area (Å²) in [6.45, 7) is 10.3. The molecule has 1 aromatic carbocycles. The number of anilines is 2. The molecule has 7 nitrogen and oxygen atoms in total. The molecule has 1 amide bonds. The van der Waals surface area contributed by atoms with Crippen molar-refractivity contribution >= 4 is 28.2 Å². The van der Waals surface area contributed by atoms with Gasteiger partial charge in [0.1, 0.15) is 5.82 Å². The van der Waals surface area contributed by atoms with Crippen LogP contribution in [0.25, 0.3) is 10.8 Å². The quantitative estimate of drug-likeness (QED) is 0.607. The molecule has 4 heterocycles. The number of hydrogen-bond acceptors (Lipinski definition) is 6. The fourth-order valence-electron chi connectivity index (χ4n) is 5.72. The largest absolute Gasteiger partial charge is 0.379 e. The van der Waals surface area contributed by atoms with E-state index in [0.717, 1.165) is 68.7 Å². The van der Waals surface area contributed by atoms with Crippen LogP contribution in [-0.2, 0) is 9.53 Å². The number of amides is 1. The van der Waals surface area contributed by atoms with Gasteiger partial charge in [-0.2, -0.15) is 0 Å². The first kappa shape index (κ1) is 22.4. The van der Waals surface area contributed by atoms with Crippen LogP contribution in [0.1, 0.15) is 36.9 Å². The predicted molar refractivity (Wildman–Crippen MR) is 138 cm³/mol. The van der Waals surface area contributed by atoms with Gasteiger partial charge in [-0.05, 0) is 68.0 Å². The highest BCUT2D eigenvalue weighted by Crippen LogP contribution is 2.47. The minimum atomic E-state index is -0.0283. The Labute approximate surface area is 206 Å². The van der Waals surface area contributed by atoms with E-state index >= 15 is 0 Å². The van der Waals surface area contributed by atoms with Crippen LogP contribution in [-0.4, -0.2) is 65.7 Å². The van der Waals surface area contributed by atoms with E-state index in [2.05, 4.69) is 51.1 Å². The van der Waals surface area contributed by atoms with Crippen molar-refractivity contribution in [1.82, 2.24) is 14.9 Å². The second-order valence-electron chi connectivity index (χ2n) is 10.5. The van der Waals surface area contributed by atoms with E-state index in [9.17, 15) is 4.79 Å². The van der Waals surface area contributed by atoms with Crippen molar-refractivity contribution in [1.29, 1.82) is 0 Å². The van der Waals surface area contributed by atoms with Gasteiger partial charge in [-0.15, -0.1) is 0 Å². The Balaban J connectivity index is 1.15. The summed E-state index contributed by atoms with van der Waals surface area (Å²) in [6, 6.07) is 12.3. The van der Waals surface area contributed by atoms with Gasteiger partial charge in [0, 0.05) is 79.3 Å². The molecule has 0 unspecified atom stereocenters. The van der Waals surface area contributed by atoms with Gasteiger partial charge < -0.3 is 15.0 Å². The lowest BCUT2D eigenvalue weighted by molar-refractivity contribution is -0.117. The molecule has 3 fully saturated rings. The van der Waals surface area contributed by atoms with Crippen LogP contribution in [0.5, 0.6) is 0 Å². The molecule has 182 valence electrons. The molecule has 1 N–H and O–H groups in total. The standard InChI is InChI=1S/C28H33N5O2/c1-19-13-21-17-30-26(31-27(34)23-16-22(23)24-5-3-4-7-29-24)15-20(21)14-25(19)32-8-10-33(11-9-32)28(2)6-12-35-18-28/h3-5,7,13-15,17,22-23H,6,8-12,16,18H2,1-2H3,(H,30,31,34)/t22-,23-,28+/m0/s1. The molecular weight excluding hydrogens is 438 g/mol. The lowest BCUT2D eigenvalue weighted by Gasteiger charge is -2.44. The molecule has 0 bridgehead atoms. The Morgan fingerprint density at radius 2 is 1.97 bits per heavy atom. The van der Waals surface area contributed by atoms with E-state index in [0.29, 0.717) is 5.82 Å². The third-order valence-corrected chi connectivity index (χ3v) is 8.06. The normalized spacial score (nSPS) is 26.7. The number of rotatable bonds is 5. The summed E-state index contributed by atoms with van der Waals surface area (Å²) in [5.74, 6) is 0.824. The maximum atomic E-state index is 12.8. The molecule has 2 aromatic heterocycles. The van der Waals surface area contributed by atoms with E-state index in [4.69, 9.17) is 4.74 Å². The summed E-state index contributed by atoms with van der Waals surface area (Å²) >= 11 is 0. The van der Waals surface area contributed by atoms with Crippen molar-refractivity contribution in [2.75, 3.05) is 49.6 Å². The Morgan fingerprint density at radius 1 is 1.11 bits per heavy atom. The van der Waals surface area contributed by atoms with Crippen molar-refractivity contribution in [2.24, 2.45) is 5.92 Å². The lowest BCUT2D eigenvalue weighted by atomic mass is 9.97. The summed E-state index contributed by atoms with van der Waals surface area (Å²) in [5.41, 5.74) is 3.70. The third kappa shape index (κ3) is 4.39. The number of aryl methyl sites for hydroxylation is 1. The second kappa shape index (κ2) is 8.88.